The average Bonchev–Trinajstić information content (AvgIpc) is 2.93. The van der Waals surface area contributed by atoms with Crippen molar-refractivity contribution in [1.29, 1.82) is 0 Å². The summed E-state index contributed by atoms with van der Waals surface area (Å²) in [7, 11) is 0. The molecule has 3 nitrogen and oxygen atoms in total. The van der Waals surface area contributed by atoms with E-state index >= 15 is 0 Å². The third-order valence-electron chi connectivity index (χ3n) is 3.84. The maximum absolute atomic E-state index is 10.3. The summed E-state index contributed by atoms with van der Waals surface area (Å²) in [6, 6.07) is 0.285. The molecule has 1 aliphatic carbocycles. The Bertz CT molecular complexity index is 396. The Balaban J connectivity index is 1.94. The zero-order valence-electron chi connectivity index (χ0n) is 11.6. The molecule has 1 atom stereocenters. The maximum atomic E-state index is 10.3. The molecule has 1 aliphatic rings. The maximum Gasteiger partial charge on any atom is 0.0928 e. The minimum Gasteiger partial charge on any atom is -0.389 e. The molecule has 0 spiro atoms. The second-order valence-corrected chi connectivity index (χ2v) is 6.56. The molecule has 0 bridgehead atoms. The highest BCUT2D eigenvalue weighted by Gasteiger charge is 2.31. The average molecular weight is 268 g/mol. The van der Waals surface area contributed by atoms with Crippen LogP contribution in [0.1, 0.15) is 61.2 Å². The SMILES string of the molecule is CCc1nc(C)c(C(C)NCC2(O)CCCC2)s1. The van der Waals surface area contributed by atoms with Crippen molar-refractivity contribution in [3.8, 4) is 0 Å². The lowest BCUT2D eigenvalue weighted by Gasteiger charge is -2.25. The van der Waals surface area contributed by atoms with Crippen LogP contribution >= 0.6 is 11.3 Å². The molecule has 1 aromatic heterocycles. The number of aromatic nitrogens is 1. The Kier molecular flexibility index (Phi) is 4.41. The van der Waals surface area contributed by atoms with Crippen LogP contribution in [0, 0.1) is 6.92 Å². The standard InChI is InChI=1S/C14H24N2OS/c1-4-12-16-11(3)13(18-12)10(2)15-9-14(17)7-5-6-8-14/h10,15,17H,4-9H2,1-3H3. The quantitative estimate of drug-likeness (QED) is 0.863. The van der Waals surface area contributed by atoms with Gasteiger partial charge in [-0.1, -0.05) is 19.8 Å². The minimum absolute atomic E-state index is 0.285. The van der Waals surface area contributed by atoms with E-state index in [1.54, 1.807) is 11.3 Å². The molecular weight excluding hydrogens is 244 g/mol. The van der Waals surface area contributed by atoms with Crippen LogP contribution in [0.2, 0.25) is 0 Å². The zero-order valence-corrected chi connectivity index (χ0v) is 12.4. The van der Waals surface area contributed by atoms with Crippen molar-refractivity contribution in [3.05, 3.63) is 15.6 Å². The van der Waals surface area contributed by atoms with Gasteiger partial charge in [0.25, 0.3) is 0 Å². The van der Waals surface area contributed by atoms with E-state index in [-0.39, 0.29) is 6.04 Å². The van der Waals surface area contributed by atoms with Gasteiger partial charge >= 0.3 is 0 Å². The summed E-state index contributed by atoms with van der Waals surface area (Å²) in [5, 5.41) is 15.0. The van der Waals surface area contributed by atoms with E-state index in [0.29, 0.717) is 6.54 Å². The van der Waals surface area contributed by atoms with Gasteiger partial charge in [0.2, 0.25) is 0 Å². The van der Waals surface area contributed by atoms with Crippen molar-refractivity contribution in [3.63, 3.8) is 0 Å². The molecule has 0 radical (unpaired) electrons. The summed E-state index contributed by atoms with van der Waals surface area (Å²) in [6.45, 7) is 7.08. The van der Waals surface area contributed by atoms with Gasteiger partial charge in [0, 0.05) is 17.5 Å². The molecule has 2 N–H and O–H groups in total. The van der Waals surface area contributed by atoms with Crippen LogP contribution in [0.15, 0.2) is 0 Å². The first-order valence-electron chi connectivity index (χ1n) is 6.96. The molecule has 4 heteroatoms. The first-order valence-corrected chi connectivity index (χ1v) is 7.78. The molecule has 0 saturated heterocycles. The number of hydrogen-bond donors (Lipinski definition) is 2. The highest BCUT2D eigenvalue weighted by atomic mass is 32.1. The van der Waals surface area contributed by atoms with Gasteiger partial charge in [-0.3, -0.25) is 0 Å². The second-order valence-electron chi connectivity index (χ2n) is 5.44. The van der Waals surface area contributed by atoms with Crippen LogP contribution < -0.4 is 5.32 Å². The Hall–Kier alpha value is -0.450. The van der Waals surface area contributed by atoms with E-state index in [4.69, 9.17) is 0 Å². The molecule has 1 unspecified atom stereocenters. The molecule has 1 fully saturated rings. The lowest BCUT2D eigenvalue weighted by atomic mass is 10.0. The van der Waals surface area contributed by atoms with Crippen molar-refractivity contribution in [2.24, 2.45) is 0 Å². The number of thiazole rings is 1. The highest BCUT2D eigenvalue weighted by Crippen LogP contribution is 2.30. The lowest BCUT2D eigenvalue weighted by Crippen LogP contribution is -2.38. The molecule has 2 rings (SSSR count). The molecular formula is C14H24N2OS. The highest BCUT2D eigenvalue weighted by molar-refractivity contribution is 7.11. The summed E-state index contributed by atoms with van der Waals surface area (Å²) >= 11 is 1.79. The summed E-state index contributed by atoms with van der Waals surface area (Å²) < 4.78 is 0. The van der Waals surface area contributed by atoms with Crippen LogP contribution in [0.4, 0.5) is 0 Å². The van der Waals surface area contributed by atoms with E-state index < -0.39 is 5.60 Å². The summed E-state index contributed by atoms with van der Waals surface area (Å²) in [5.41, 5.74) is 0.663. The largest absolute Gasteiger partial charge is 0.389 e. The fourth-order valence-electron chi connectivity index (χ4n) is 2.66. The normalized spacial score (nSPS) is 20.2. The first kappa shape index (κ1) is 14.0. The molecule has 0 amide bonds. The van der Waals surface area contributed by atoms with Crippen molar-refractivity contribution in [2.75, 3.05) is 6.54 Å². The number of hydrogen-bond acceptors (Lipinski definition) is 4. The molecule has 1 aromatic rings. The topological polar surface area (TPSA) is 45.2 Å². The van der Waals surface area contributed by atoms with Crippen LogP contribution in [-0.2, 0) is 6.42 Å². The predicted molar refractivity (Wildman–Crippen MR) is 76.1 cm³/mol. The molecule has 102 valence electrons. The van der Waals surface area contributed by atoms with E-state index in [1.807, 2.05) is 0 Å². The van der Waals surface area contributed by atoms with Gasteiger partial charge < -0.3 is 10.4 Å². The first-order chi connectivity index (χ1) is 8.54. The fourth-order valence-corrected chi connectivity index (χ4v) is 3.70. The van der Waals surface area contributed by atoms with Crippen LogP contribution in [0.25, 0.3) is 0 Å². The summed E-state index contributed by atoms with van der Waals surface area (Å²) in [4.78, 5) is 5.88. The van der Waals surface area contributed by atoms with Crippen molar-refractivity contribution < 1.29 is 5.11 Å². The smallest absolute Gasteiger partial charge is 0.0928 e. The van der Waals surface area contributed by atoms with E-state index in [9.17, 15) is 5.11 Å². The fraction of sp³-hybridized carbons (Fsp3) is 0.786. The van der Waals surface area contributed by atoms with Crippen LogP contribution in [0.3, 0.4) is 0 Å². The van der Waals surface area contributed by atoms with Gasteiger partial charge in [0.1, 0.15) is 0 Å². The predicted octanol–water partition coefficient (Wildman–Crippen LogP) is 2.97. The molecule has 1 saturated carbocycles. The Morgan fingerprint density at radius 1 is 1.44 bits per heavy atom. The monoisotopic (exact) mass is 268 g/mol. The van der Waals surface area contributed by atoms with Gasteiger partial charge in [0.05, 0.1) is 16.3 Å². The van der Waals surface area contributed by atoms with Gasteiger partial charge in [0.15, 0.2) is 0 Å². The van der Waals surface area contributed by atoms with Crippen molar-refractivity contribution in [2.45, 2.75) is 64.5 Å². The van der Waals surface area contributed by atoms with Gasteiger partial charge in [-0.15, -0.1) is 11.3 Å². The zero-order chi connectivity index (χ0) is 13.2. The summed E-state index contributed by atoms with van der Waals surface area (Å²) in [5.74, 6) is 0. The number of aryl methyl sites for hydroxylation is 2. The number of rotatable bonds is 5. The Morgan fingerprint density at radius 3 is 2.67 bits per heavy atom. The summed E-state index contributed by atoms with van der Waals surface area (Å²) in [6.07, 6.45) is 5.20. The van der Waals surface area contributed by atoms with Crippen molar-refractivity contribution >= 4 is 11.3 Å². The number of nitrogens with zero attached hydrogens (tertiary/aromatic N) is 1. The molecule has 18 heavy (non-hydrogen) atoms. The van der Waals surface area contributed by atoms with E-state index in [2.05, 4.69) is 31.1 Å². The Morgan fingerprint density at radius 2 is 2.11 bits per heavy atom. The van der Waals surface area contributed by atoms with Gasteiger partial charge in [-0.2, -0.15) is 0 Å². The Labute approximate surface area is 114 Å². The molecule has 0 aromatic carbocycles. The lowest BCUT2D eigenvalue weighted by molar-refractivity contribution is 0.0454. The third-order valence-corrected chi connectivity index (χ3v) is 5.33. The van der Waals surface area contributed by atoms with Crippen molar-refractivity contribution in [1.82, 2.24) is 10.3 Å². The number of aliphatic hydroxyl groups is 1. The second kappa shape index (κ2) is 5.68. The minimum atomic E-state index is -0.472. The number of nitrogens with one attached hydrogen (secondary N) is 1. The van der Waals surface area contributed by atoms with E-state index in [0.717, 1.165) is 37.8 Å². The van der Waals surface area contributed by atoms with Crippen LogP contribution in [0.5, 0.6) is 0 Å². The molecule has 0 aliphatic heterocycles. The van der Waals surface area contributed by atoms with Crippen LogP contribution in [-0.4, -0.2) is 22.2 Å². The van der Waals surface area contributed by atoms with Gasteiger partial charge in [-0.25, -0.2) is 4.98 Å². The molecule has 1 heterocycles. The van der Waals surface area contributed by atoms with Gasteiger partial charge in [-0.05, 0) is 33.1 Å². The third kappa shape index (κ3) is 3.11. The van der Waals surface area contributed by atoms with E-state index in [1.165, 1.54) is 9.88 Å².